The fourth-order valence-corrected chi connectivity index (χ4v) is 3.03. The number of rotatable bonds is 11. The van der Waals surface area contributed by atoms with Crippen molar-refractivity contribution in [1.29, 1.82) is 0 Å². The van der Waals surface area contributed by atoms with Gasteiger partial charge in [0.25, 0.3) is 0 Å². The molecule has 1 fully saturated rings. The van der Waals surface area contributed by atoms with Gasteiger partial charge in [0.15, 0.2) is 5.96 Å². The van der Waals surface area contributed by atoms with Crippen LogP contribution < -0.4 is 10.6 Å². The molecule has 0 aliphatic carbocycles. The molecule has 0 saturated carbocycles. The number of likely N-dealkylation sites (tertiary alicyclic amines) is 1. The molecule has 0 radical (unpaired) electrons. The Balaban J connectivity index is 0.00000529. The van der Waals surface area contributed by atoms with Gasteiger partial charge in [-0.05, 0) is 59.4 Å². The second-order valence-electron chi connectivity index (χ2n) is 6.90. The van der Waals surface area contributed by atoms with E-state index in [1.165, 1.54) is 71.0 Å². The van der Waals surface area contributed by atoms with Gasteiger partial charge in [-0.3, -0.25) is 4.99 Å². The van der Waals surface area contributed by atoms with Crippen molar-refractivity contribution >= 4 is 29.9 Å². The highest BCUT2D eigenvalue weighted by atomic mass is 127. The average molecular weight is 453 g/mol. The Morgan fingerprint density at radius 2 is 1.54 bits per heavy atom. The molecule has 0 aromatic carbocycles. The molecule has 1 saturated heterocycles. The zero-order valence-corrected chi connectivity index (χ0v) is 18.5. The first-order valence-corrected chi connectivity index (χ1v) is 9.54. The van der Waals surface area contributed by atoms with Crippen molar-refractivity contribution < 1.29 is 0 Å². The van der Waals surface area contributed by atoms with Crippen LogP contribution in [0.25, 0.3) is 0 Å². The number of guanidine groups is 1. The molecular weight excluding hydrogens is 413 g/mol. The fraction of sp³-hybridized carbons (Fsp3) is 0.944. The summed E-state index contributed by atoms with van der Waals surface area (Å²) < 4.78 is 0. The third-order valence-corrected chi connectivity index (χ3v) is 4.47. The van der Waals surface area contributed by atoms with E-state index in [1.54, 1.807) is 0 Å². The number of piperidine rings is 1. The van der Waals surface area contributed by atoms with Gasteiger partial charge in [0, 0.05) is 26.7 Å². The van der Waals surface area contributed by atoms with Crippen LogP contribution in [-0.2, 0) is 0 Å². The normalized spacial score (nSPS) is 16.1. The molecule has 0 aromatic heterocycles. The van der Waals surface area contributed by atoms with Gasteiger partial charge >= 0.3 is 0 Å². The molecule has 0 aromatic rings. The van der Waals surface area contributed by atoms with Crippen molar-refractivity contribution in [3.63, 3.8) is 0 Å². The summed E-state index contributed by atoms with van der Waals surface area (Å²) in [5.74, 6) is 0.953. The summed E-state index contributed by atoms with van der Waals surface area (Å²) in [5, 5.41) is 6.86. The number of unbranched alkanes of at least 4 members (excludes halogenated alkanes) is 4. The quantitative estimate of drug-likeness (QED) is 0.219. The molecule has 0 bridgehead atoms. The van der Waals surface area contributed by atoms with Crippen LogP contribution in [0.4, 0.5) is 0 Å². The van der Waals surface area contributed by atoms with Crippen LogP contribution >= 0.6 is 24.0 Å². The molecule has 0 unspecified atom stereocenters. The van der Waals surface area contributed by atoms with E-state index >= 15 is 0 Å². The maximum absolute atomic E-state index is 4.31. The lowest BCUT2D eigenvalue weighted by atomic mass is 10.1. The molecule has 24 heavy (non-hydrogen) atoms. The highest BCUT2D eigenvalue weighted by molar-refractivity contribution is 14.0. The van der Waals surface area contributed by atoms with E-state index in [0.717, 1.165) is 25.6 Å². The SMILES string of the molecule is CN=C(NCCCCCCCN(C)C)NCCN1CCCCC1.I. The number of halogens is 1. The highest BCUT2D eigenvalue weighted by Gasteiger charge is 2.09. The predicted octanol–water partition coefficient (Wildman–Crippen LogP) is 2.77. The average Bonchev–Trinajstić information content (AvgIpc) is 2.56. The van der Waals surface area contributed by atoms with Crippen LogP contribution in [-0.4, -0.2) is 76.2 Å². The minimum atomic E-state index is 0. The molecule has 1 rings (SSSR count). The smallest absolute Gasteiger partial charge is 0.191 e. The molecule has 1 aliphatic heterocycles. The molecule has 0 amide bonds. The van der Waals surface area contributed by atoms with E-state index < -0.39 is 0 Å². The summed E-state index contributed by atoms with van der Waals surface area (Å²) >= 11 is 0. The molecule has 1 heterocycles. The lowest BCUT2D eigenvalue weighted by molar-refractivity contribution is 0.232. The molecule has 6 heteroatoms. The van der Waals surface area contributed by atoms with Crippen LogP contribution in [0, 0.1) is 0 Å². The van der Waals surface area contributed by atoms with E-state index in [9.17, 15) is 0 Å². The summed E-state index contributed by atoms with van der Waals surface area (Å²) in [6, 6.07) is 0. The van der Waals surface area contributed by atoms with Gasteiger partial charge in [0.1, 0.15) is 0 Å². The topological polar surface area (TPSA) is 42.9 Å². The number of nitrogens with zero attached hydrogens (tertiary/aromatic N) is 3. The van der Waals surface area contributed by atoms with Crippen molar-refractivity contribution in [1.82, 2.24) is 20.4 Å². The molecular formula is C18H40IN5. The van der Waals surface area contributed by atoms with Crippen molar-refractivity contribution in [2.45, 2.75) is 51.4 Å². The van der Waals surface area contributed by atoms with E-state index in [2.05, 4.69) is 39.5 Å². The number of hydrogen-bond acceptors (Lipinski definition) is 3. The standard InChI is InChI=1S/C18H39N5.HI/c1-19-18(21-13-17-23-15-10-7-11-16-23)20-12-8-5-4-6-9-14-22(2)3;/h4-17H2,1-3H3,(H2,19,20,21);1H. The zero-order valence-electron chi connectivity index (χ0n) is 16.1. The maximum Gasteiger partial charge on any atom is 0.191 e. The maximum atomic E-state index is 4.31. The largest absolute Gasteiger partial charge is 0.356 e. The van der Waals surface area contributed by atoms with Gasteiger partial charge < -0.3 is 20.4 Å². The predicted molar refractivity (Wildman–Crippen MR) is 117 cm³/mol. The van der Waals surface area contributed by atoms with Crippen LogP contribution in [0.1, 0.15) is 51.4 Å². The zero-order chi connectivity index (χ0) is 16.8. The summed E-state index contributed by atoms with van der Waals surface area (Å²) in [6.07, 6.45) is 10.7. The number of aliphatic imine (C=N–C) groups is 1. The van der Waals surface area contributed by atoms with E-state index in [1.807, 2.05) is 7.05 Å². The van der Waals surface area contributed by atoms with E-state index in [-0.39, 0.29) is 24.0 Å². The number of nitrogens with one attached hydrogen (secondary N) is 2. The molecule has 0 spiro atoms. The van der Waals surface area contributed by atoms with Gasteiger partial charge in [0.2, 0.25) is 0 Å². The van der Waals surface area contributed by atoms with Crippen LogP contribution in [0.2, 0.25) is 0 Å². The first-order valence-electron chi connectivity index (χ1n) is 9.54. The highest BCUT2D eigenvalue weighted by Crippen LogP contribution is 2.07. The van der Waals surface area contributed by atoms with Crippen molar-refractivity contribution in [2.24, 2.45) is 4.99 Å². The Morgan fingerprint density at radius 3 is 2.21 bits per heavy atom. The lowest BCUT2D eigenvalue weighted by Crippen LogP contribution is -2.42. The van der Waals surface area contributed by atoms with Crippen molar-refractivity contribution in [2.75, 3.05) is 60.4 Å². The summed E-state index contributed by atoms with van der Waals surface area (Å²) in [5.41, 5.74) is 0. The Bertz CT molecular complexity index is 304. The van der Waals surface area contributed by atoms with E-state index in [0.29, 0.717) is 0 Å². The lowest BCUT2D eigenvalue weighted by Gasteiger charge is -2.26. The van der Waals surface area contributed by atoms with Crippen LogP contribution in [0.3, 0.4) is 0 Å². The minimum Gasteiger partial charge on any atom is -0.356 e. The molecule has 5 nitrogen and oxygen atoms in total. The van der Waals surface area contributed by atoms with E-state index in [4.69, 9.17) is 0 Å². The number of hydrogen-bond donors (Lipinski definition) is 2. The second kappa shape index (κ2) is 16.4. The van der Waals surface area contributed by atoms with Gasteiger partial charge in [-0.25, -0.2) is 0 Å². The molecule has 0 atom stereocenters. The third-order valence-electron chi connectivity index (χ3n) is 4.47. The summed E-state index contributed by atoms with van der Waals surface area (Å²) in [4.78, 5) is 9.13. The molecule has 1 aliphatic rings. The monoisotopic (exact) mass is 453 g/mol. The second-order valence-corrected chi connectivity index (χ2v) is 6.90. The summed E-state index contributed by atoms with van der Waals surface area (Å²) in [7, 11) is 6.15. The van der Waals surface area contributed by atoms with Crippen LogP contribution in [0.15, 0.2) is 4.99 Å². The molecule has 144 valence electrons. The molecule has 2 N–H and O–H groups in total. The Kier molecular flexibility index (Phi) is 16.3. The first kappa shape index (κ1) is 23.9. The summed E-state index contributed by atoms with van der Waals surface area (Å²) in [6.45, 7) is 6.89. The van der Waals surface area contributed by atoms with Crippen molar-refractivity contribution in [3.8, 4) is 0 Å². The van der Waals surface area contributed by atoms with Crippen LogP contribution in [0.5, 0.6) is 0 Å². The Morgan fingerprint density at radius 1 is 0.917 bits per heavy atom. The first-order chi connectivity index (χ1) is 11.2. The van der Waals surface area contributed by atoms with Gasteiger partial charge in [-0.1, -0.05) is 25.7 Å². The minimum absolute atomic E-state index is 0. The van der Waals surface area contributed by atoms with Crippen molar-refractivity contribution in [3.05, 3.63) is 0 Å². The fourth-order valence-electron chi connectivity index (χ4n) is 3.03. The third kappa shape index (κ3) is 13.2. The van der Waals surface area contributed by atoms with Gasteiger partial charge in [0.05, 0.1) is 0 Å². The Hall–Kier alpha value is -0.0800. The van der Waals surface area contributed by atoms with Gasteiger partial charge in [-0.15, -0.1) is 24.0 Å². The Labute approximate surface area is 167 Å². The van der Waals surface area contributed by atoms with Gasteiger partial charge in [-0.2, -0.15) is 0 Å².